The summed E-state index contributed by atoms with van der Waals surface area (Å²) in [6, 6.07) is 11.5. The molecule has 0 atom stereocenters. The molecule has 0 radical (unpaired) electrons. The Hall–Kier alpha value is -3.35. The summed E-state index contributed by atoms with van der Waals surface area (Å²) in [7, 11) is 0. The molecule has 4 rings (SSSR count). The Bertz CT molecular complexity index is 902. The maximum Gasteiger partial charge on any atom is 0.229 e. The van der Waals surface area contributed by atoms with Crippen molar-refractivity contribution in [3.05, 3.63) is 60.0 Å². The van der Waals surface area contributed by atoms with Gasteiger partial charge in [0.1, 0.15) is 19.0 Å². The minimum absolute atomic E-state index is 0.527. The van der Waals surface area contributed by atoms with Gasteiger partial charge >= 0.3 is 0 Å². The number of hydrogen-bond acceptors (Lipinski definition) is 7. The van der Waals surface area contributed by atoms with Crippen LogP contribution < -0.4 is 20.1 Å². The molecule has 0 bridgehead atoms. The lowest BCUT2D eigenvalue weighted by atomic mass is 10.2. The van der Waals surface area contributed by atoms with E-state index in [-0.39, 0.29) is 0 Å². The first-order valence-corrected chi connectivity index (χ1v) is 8.41. The third-order valence-corrected chi connectivity index (χ3v) is 3.88. The molecule has 2 aromatic heterocycles. The second-order valence-electron chi connectivity index (χ2n) is 5.91. The van der Waals surface area contributed by atoms with Gasteiger partial charge < -0.3 is 20.1 Å². The largest absolute Gasteiger partial charge is 0.486 e. The molecule has 0 unspecified atom stereocenters. The zero-order chi connectivity index (χ0) is 17.8. The number of rotatable bonds is 5. The van der Waals surface area contributed by atoms with Gasteiger partial charge in [-0.2, -0.15) is 4.98 Å². The molecule has 7 heteroatoms. The standard InChI is InChI=1S/C19H19N5O2/c1-13-10-18(21-12-14-4-6-20-7-5-14)24-19(22-13)23-15-2-3-16-17(11-15)26-9-8-25-16/h2-7,10-11H,8-9,12H2,1H3,(H2,21,22,23,24). The molecule has 0 saturated heterocycles. The first-order valence-electron chi connectivity index (χ1n) is 8.41. The van der Waals surface area contributed by atoms with Crippen molar-refractivity contribution in [3.8, 4) is 11.5 Å². The Kier molecular flexibility index (Phi) is 4.51. The fourth-order valence-electron chi connectivity index (χ4n) is 2.66. The summed E-state index contributed by atoms with van der Waals surface area (Å²) in [4.78, 5) is 13.0. The monoisotopic (exact) mass is 349 g/mol. The number of pyridine rings is 1. The summed E-state index contributed by atoms with van der Waals surface area (Å²) in [6.45, 7) is 3.74. The highest BCUT2D eigenvalue weighted by Gasteiger charge is 2.12. The average Bonchev–Trinajstić information content (AvgIpc) is 2.67. The number of benzene rings is 1. The Labute approximate surface area is 151 Å². The van der Waals surface area contributed by atoms with Crippen LogP contribution in [0, 0.1) is 6.92 Å². The smallest absolute Gasteiger partial charge is 0.229 e. The van der Waals surface area contributed by atoms with Gasteiger partial charge in [0.25, 0.3) is 0 Å². The molecule has 3 aromatic rings. The van der Waals surface area contributed by atoms with Crippen molar-refractivity contribution in [1.29, 1.82) is 0 Å². The molecule has 3 heterocycles. The number of nitrogens with one attached hydrogen (secondary N) is 2. The number of fused-ring (bicyclic) bond motifs is 1. The number of ether oxygens (including phenoxy) is 2. The third kappa shape index (κ3) is 3.83. The van der Waals surface area contributed by atoms with Crippen molar-refractivity contribution in [2.45, 2.75) is 13.5 Å². The van der Waals surface area contributed by atoms with Gasteiger partial charge in [-0.05, 0) is 36.8 Å². The van der Waals surface area contributed by atoms with Crippen LogP contribution >= 0.6 is 0 Å². The number of aromatic nitrogens is 3. The molecule has 132 valence electrons. The third-order valence-electron chi connectivity index (χ3n) is 3.88. The van der Waals surface area contributed by atoms with Crippen molar-refractivity contribution in [2.24, 2.45) is 0 Å². The zero-order valence-corrected chi connectivity index (χ0v) is 14.4. The topological polar surface area (TPSA) is 81.2 Å². The summed E-state index contributed by atoms with van der Waals surface area (Å²) in [5, 5.41) is 6.54. The SMILES string of the molecule is Cc1cc(NCc2ccncc2)nc(Nc2ccc3c(c2)OCCO3)n1. The molecular formula is C19H19N5O2. The van der Waals surface area contributed by atoms with Crippen molar-refractivity contribution in [2.75, 3.05) is 23.8 Å². The normalized spacial score (nSPS) is 12.5. The average molecular weight is 349 g/mol. The highest BCUT2D eigenvalue weighted by atomic mass is 16.6. The quantitative estimate of drug-likeness (QED) is 0.731. The van der Waals surface area contributed by atoms with Gasteiger partial charge in [-0.25, -0.2) is 4.98 Å². The number of nitrogens with zero attached hydrogens (tertiary/aromatic N) is 3. The highest BCUT2D eigenvalue weighted by Crippen LogP contribution is 2.33. The molecule has 0 saturated carbocycles. The van der Waals surface area contributed by atoms with E-state index in [0.29, 0.717) is 25.7 Å². The molecule has 2 N–H and O–H groups in total. The molecule has 0 aliphatic carbocycles. The lowest BCUT2D eigenvalue weighted by molar-refractivity contribution is 0.171. The van der Waals surface area contributed by atoms with E-state index >= 15 is 0 Å². The summed E-state index contributed by atoms with van der Waals surface area (Å²) in [5.41, 5.74) is 2.86. The second-order valence-corrected chi connectivity index (χ2v) is 5.91. The maximum atomic E-state index is 5.61. The van der Waals surface area contributed by atoms with Crippen molar-refractivity contribution in [3.63, 3.8) is 0 Å². The van der Waals surface area contributed by atoms with Crippen LogP contribution in [0.3, 0.4) is 0 Å². The van der Waals surface area contributed by atoms with Gasteiger partial charge in [0.05, 0.1) is 0 Å². The van der Waals surface area contributed by atoms with Crippen molar-refractivity contribution in [1.82, 2.24) is 15.0 Å². The predicted octanol–water partition coefficient (Wildman–Crippen LogP) is 3.31. The highest BCUT2D eigenvalue weighted by molar-refractivity contribution is 5.61. The first kappa shape index (κ1) is 16.1. The Morgan fingerprint density at radius 2 is 1.77 bits per heavy atom. The van der Waals surface area contributed by atoms with E-state index in [0.717, 1.165) is 34.3 Å². The summed E-state index contributed by atoms with van der Waals surface area (Å²) >= 11 is 0. The molecule has 1 aliphatic heterocycles. The fraction of sp³-hybridized carbons (Fsp3) is 0.211. The van der Waals surface area contributed by atoms with Crippen molar-refractivity contribution >= 4 is 17.5 Å². The lowest BCUT2D eigenvalue weighted by Gasteiger charge is -2.19. The van der Waals surface area contributed by atoms with Crippen molar-refractivity contribution < 1.29 is 9.47 Å². The summed E-state index contributed by atoms with van der Waals surface area (Å²) < 4.78 is 11.2. The van der Waals surface area contributed by atoms with E-state index in [1.807, 2.05) is 43.3 Å². The Morgan fingerprint density at radius 1 is 0.962 bits per heavy atom. The molecule has 7 nitrogen and oxygen atoms in total. The maximum absolute atomic E-state index is 5.61. The van der Waals surface area contributed by atoms with Crippen LogP contribution in [0.15, 0.2) is 48.8 Å². The molecule has 26 heavy (non-hydrogen) atoms. The zero-order valence-electron chi connectivity index (χ0n) is 14.4. The van der Waals surface area contributed by atoms with E-state index in [2.05, 4.69) is 25.6 Å². The van der Waals surface area contributed by atoms with Crippen LogP contribution in [0.2, 0.25) is 0 Å². The fourth-order valence-corrected chi connectivity index (χ4v) is 2.66. The minimum atomic E-state index is 0.527. The molecular weight excluding hydrogens is 330 g/mol. The van der Waals surface area contributed by atoms with Gasteiger partial charge in [-0.15, -0.1) is 0 Å². The lowest BCUT2D eigenvalue weighted by Crippen LogP contribution is -2.15. The van der Waals surface area contributed by atoms with E-state index in [4.69, 9.17) is 9.47 Å². The van der Waals surface area contributed by atoms with Gasteiger partial charge in [0.2, 0.25) is 5.95 Å². The van der Waals surface area contributed by atoms with E-state index in [1.165, 1.54) is 0 Å². The Balaban J connectivity index is 1.49. The van der Waals surface area contributed by atoms with Crippen LogP contribution in [-0.4, -0.2) is 28.2 Å². The Morgan fingerprint density at radius 3 is 2.62 bits per heavy atom. The minimum Gasteiger partial charge on any atom is -0.486 e. The van der Waals surface area contributed by atoms with Crippen LogP contribution in [0.25, 0.3) is 0 Å². The molecule has 1 aromatic carbocycles. The van der Waals surface area contributed by atoms with Crippen LogP contribution in [-0.2, 0) is 6.54 Å². The number of aryl methyl sites for hydroxylation is 1. The van der Waals surface area contributed by atoms with Gasteiger partial charge in [0, 0.05) is 42.5 Å². The second kappa shape index (κ2) is 7.26. The molecule has 1 aliphatic rings. The molecule has 0 fully saturated rings. The molecule has 0 amide bonds. The number of hydrogen-bond donors (Lipinski definition) is 2. The van der Waals surface area contributed by atoms with E-state index < -0.39 is 0 Å². The predicted molar refractivity (Wildman–Crippen MR) is 99.0 cm³/mol. The van der Waals surface area contributed by atoms with Crippen LogP contribution in [0.1, 0.15) is 11.3 Å². The van der Waals surface area contributed by atoms with Gasteiger partial charge in [-0.3, -0.25) is 4.98 Å². The first-order chi connectivity index (χ1) is 12.8. The van der Waals surface area contributed by atoms with E-state index in [1.54, 1.807) is 12.4 Å². The van der Waals surface area contributed by atoms with Crippen LogP contribution in [0.5, 0.6) is 11.5 Å². The van der Waals surface area contributed by atoms with E-state index in [9.17, 15) is 0 Å². The summed E-state index contributed by atoms with van der Waals surface area (Å²) in [5.74, 6) is 2.77. The summed E-state index contributed by atoms with van der Waals surface area (Å²) in [6.07, 6.45) is 3.55. The van der Waals surface area contributed by atoms with Gasteiger partial charge in [0.15, 0.2) is 11.5 Å². The van der Waals surface area contributed by atoms with Crippen LogP contribution in [0.4, 0.5) is 17.5 Å². The van der Waals surface area contributed by atoms with Gasteiger partial charge in [-0.1, -0.05) is 0 Å². The molecule has 0 spiro atoms. The number of anilines is 3.